The van der Waals surface area contributed by atoms with Gasteiger partial charge in [0.15, 0.2) is 5.76 Å². The van der Waals surface area contributed by atoms with E-state index >= 15 is 0 Å². The van der Waals surface area contributed by atoms with Crippen molar-refractivity contribution in [3.63, 3.8) is 0 Å². The van der Waals surface area contributed by atoms with Gasteiger partial charge in [0.2, 0.25) is 0 Å². The number of furan rings is 1. The van der Waals surface area contributed by atoms with E-state index in [9.17, 15) is 9.90 Å². The van der Waals surface area contributed by atoms with Crippen LogP contribution in [0, 0.1) is 0 Å². The first kappa shape index (κ1) is 16.0. The van der Waals surface area contributed by atoms with Gasteiger partial charge in [0.05, 0.1) is 24.6 Å². The Bertz CT molecular complexity index is 790. The standard InChI is InChI=1S/C18H19N3O3/c1-2-13(12-22)19-18(23)16-11-15(17-9-6-10-24-17)20-21(16)14-7-4-3-5-8-14/h3-11,13,22H,2,12H2,1H3,(H,19,23). The Morgan fingerprint density at radius 1 is 1.29 bits per heavy atom. The van der Waals surface area contributed by atoms with Gasteiger partial charge in [-0.2, -0.15) is 5.10 Å². The fourth-order valence-corrected chi connectivity index (χ4v) is 2.39. The van der Waals surface area contributed by atoms with Gasteiger partial charge in [-0.1, -0.05) is 25.1 Å². The molecule has 0 aliphatic carbocycles. The van der Waals surface area contributed by atoms with Gasteiger partial charge < -0.3 is 14.8 Å². The van der Waals surface area contributed by atoms with E-state index in [1.54, 1.807) is 29.1 Å². The zero-order valence-electron chi connectivity index (χ0n) is 13.3. The largest absolute Gasteiger partial charge is 0.463 e. The van der Waals surface area contributed by atoms with Gasteiger partial charge in [-0.05, 0) is 30.7 Å². The van der Waals surface area contributed by atoms with E-state index in [4.69, 9.17) is 4.42 Å². The third kappa shape index (κ3) is 3.23. The number of benzene rings is 1. The molecule has 24 heavy (non-hydrogen) atoms. The van der Waals surface area contributed by atoms with Gasteiger partial charge in [-0.25, -0.2) is 4.68 Å². The molecule has 2 N–H and O–H groups in total. The summed E-state index contributed by atoms with van der Waals surface area (Å²) >= 11 is 0. The summed E-state index contributed by atoms with van der Waals surface area (Å²) in [4.78, 5) is 12.6. The second-order valence-corrected chi connectivity index (χ2v) is 5.40. The van der Waals surface area contributed by atoms with Crippen LogP contribution in [0.5, 0.6) is 0 Å². The van der Waals surface area contributed by atoms with Gasteiger partial charge in [-0.3, -0.25) is 4.79 Å². The summed E-state index contributed by atoms with van der Waals surface area (Å²) in [5.41, 5.74) is 1.74. The maximum atomic E-state index is 12.6. The monoisotopic (exact) mass is 325 g/mol. The van der Waals surface area contributed by atoms with Crippen molar-refractivity contribution in [2.45, 2.75) is 19.4 Å². The number of nitrogens with one attached hydrogen (secondary N) is 1. The first-order valence-electron chi connectivity index (χ1n) is 7.84. The molecular formula is C18H19N3O3. The molecule has 3 aromatic rings. The Labute approximate surface area is 139 Å². The maximum absolute atomic E-state index is 12.6. The molecule has 1 amide bonds. The Balaban J connectivity index is 2.01. The van der Waals surface area contributed by atoms with E-state index < -0.39 is 0 Å². The van der Waals surface area contributed by atoms with Crippen molar-refractivity contribution in [3.05, 3.63) is 60.5 Å². The van der Waals surface area contributed by atoms with Crippen LogP contribution in [0.4, 0.5) is 0 Å². The van der Waals surface area contributed by atoms with Crippen LogP contribution in [0.15, 0.2) is 59.2 Å². The lowest BCUT2D eigenvalue weighted by atomic mass is 10.2. The molecule has 0 spiro atoms. The second-order valence-electron chi connectivity index (χ2n) is 5.40. The smallest absolute Gasteiger partial charge is 0.270 e. The molecule has 0 fully saturated rings. The summed E-state index contributed by atoms with van der Waals surface area (Å²) in [7, 11) is 0. The lowest BCUT2D eigenvalue weighted by molar-refractivity contribution is 0.0907. The number of para-hydroxylation sites is 1. The zero-order chi connectivity index (χ0) is 16.9. The molecule has 2 heterocycles. The van der Waals surface area contributed by atoms with Crippen molar-refractivity contribution in [2.24, 2.45) is 0 Å². The van der Waals surface area contributed by atoms with Crippen LogP contribution in [0.1, 0.15) is 23.8 Å². The first-order valence-corrected chi connectivity index (χ1v) is 7.84. The molecule has 124 valence electrons. The van der Waals surface area contributed by atoms with Crippen molar-refractivity contribution < 1.29 is 14.3 Å². The number of amides is 1. The van der Waals surface area contributed by atoms with E-state index in [-0.39, 0.29) is 18.6 Å². The molecule has 0 bridgehead atoms. The third-order valence-electron chi connectivity index (χ3n) is 3.76. The predicted octanol–water partition coefficient (Wildman–Crippen LogP) is 2.63. The maximum Gasteiger partial charge on any atom is 0.270 e. The normalized spacial score (nSPS) is 12.1. The minimum atomic E-state index is -0.288. The Hall–Kier alpha value is -2.86. The average molecular weight is 325 g/mol. The molecule has 0 radical (unpaired) electrons. The molecule has 2 aromatic heterocycles. The number of aliphatic hydroxyl groups excluding tert-OH is 1. The second kappa shape index (κ2) is 7.14. The van der Waals surface area contributed by atoms with Crippen LogP contribution in [0.3, 0.4) is 0 Å². The highest BCUT2D eigenvalue weighted by atomic mass is 16.3. The highest BCUT2D eigenvalue weighted by Gasteiger charge is 2.20. The van der Waals surface area contributed by atoms with Gasteiger partial charge in [0.1, 0.15) is 11.4 Å². The third-order valence-corrected chi connectivity index (χ3v) is 3.76. The lowest BCUT2D eigenvalue weighted by Crippen LogP contribution is -2.37. The van der Waals surface area contributed by atoms with Crippen LogP contribution >= 0.6 is 0 Å². The lowest BCUT2D eigenvalue weighted by Gasteiger charge is -2.14. The van der Waals surface area contributed by atoms with Crippen LogP contribution in [0.25, 0.3) is 17.1 Å². The predicted molar refractivity (Wildman–Crippen MR) is 89.9 cm³/mol. The van der Waals surface area contributed by atoms with E-state index in [1.807, 2.05) is 37.3 Å². The van der Waals surface area contributed by atoms with Gasteiger partial charge in [-0.15, -0.1) is 0 Å². The molecule has 0 aliphatic heterocycles. The zero-order valence-corrected chi connectivity index (χ0v) is 13.3. The Morgan fingerprint density at radius 2 is 2.08 bits per heavy atom. The molecule has 6 heteroatoms. The van der Waals surface area contributed by atoms with E-state index in [2.05, 4.69) is 10.4 Å². The molecule has 0 saturated carbocycles. The summed E-state index contributed by atoms with van der Waals surface area (Å²) in [6.07, 6.45) is 2.21. The van der Waals surface area contributed by atoms with E-state index in [1.165, 1.54) is 0 Å². The summed E-state index contributed by atoms with van der Waals surface area (Å²) in [5.74, 6) is 0.304. The highest BCUT2D eigenvalue weighted by Crippen LogP contribution is 2.22. The summed E-state index contributed by atoms with van der Waals surface area (Å²) in [6, 6.07) is 14.4. The van der Waals surface area contributed by atoms with Gasteiger partial charge in [0, 0.05) is 6.07 Å². The number of hydrogen-bond acceptors (Lipinski definition) is 4. The molecule has 0 aliphatic rings. The van der Waals surface area contributed by atoms with Gasteiger partial charge >= 0.3 is 0 Å². The molecule has 0 saturated heterocycles. The first-order chi connectivity index (χ1) is 11.7. The fourth-order valence-electron chi connectivity index (χ4n) is 2.39. The Morgan fingerprint density at radius 3 is 2.71 bits per heavy atom. The Kier molecular flexibility index (Phi) is 4.77. The SMILES string of the molecule is CCC(CO)NC(=O)c1cc(-c2ccco2)nn1-c1ccccc1. The molecule has 1 aromatic carbocycles. The average Bonchev–Trinajstić information content (AvgIpc) is 3.29. The number of rotatable bonds is 6. The summed E-state index contributed by atoms with van der Waals surface area (Å²) < 4.78 is 6.96. The van der Waals surface area contributed by atoms with E-state index in [0.717, 1.165) is 5.69 Å². The van der Waals surface area contributed by atoms with Crippen molar-refractivity contribution in [2.75, 3.05) is 6.61 Å². The minimum Gasteiger partial charge on any atom is -0.463 e. The number of aromatic nitrogens is 2. The molecule has 6 nitrogen and oxygen atoms in total. The number of carbonyl (C=O) groups excluding carboxylic acids is 1. The molecule has 3 rings (SSSR count). The molecule has 1 atom stereocenters. The van der Waals surface area contributed by atoms with Crippen LogP contribution in [-0.4, -0.2) is 33.4 Å². The highest BCUT2D eigenvalue weighted by molar-refractivity contribution is 5.94. The van der Waals surface area contributed by atoms with Crippen LogP contribution < -0.4 is 5.32 Å². The quantitative estimate of drug-likeness (QED) is 0.730. The van der Waals surface area contributed by atoms with Crippen molar-refractivity contribution >= 4 is 5.91 Å². The molecule has 1 unspecified atom stereocenters. The number of hydrogen-bond donors (Lipinski definition) is 2. The van der Waals surface area contributed by atoms with Crippen molar-refractivity contribution in [3.8, 4) is 17.1 Å². The van der Waals surface area contributed by atoms with Gasteiger partial charge in [0.25, 0.3) is 5.91 Å². The number of aliphatic hydroxyl groups is 1. The van der Waals surface area contributed by atoms with Crippen LogP contribution in [0.2, 0.25) is 0 Å². The summed E-state index contributed by atoms with van der Waals surface area (Å²) in [6.45, 7) is 1.80. The number of nitrogens with zero attached hydrogens (tertiary/aromatic N) is 2. The van der Waals surface area contributed by atoms with E-state index in [0.29, 0.717) is 23.6 Å². The van der Waals surface area contributed by atoms with Crippen molar-refractivity contribution in [1.29, 1.82) is 0 Å². The van der Waals surface area contributed by atoms with Crippen molar-refractivity contribution in [1.82, 2.24) is 15.1 Å². The van der Waals surface area contributed by atoms with Crippen LogP contribution in [-0.2, 0) is 0 Å². The topological polar surface area (TPSA) is 80.3 Å². The number of carbonyl (C=O) groups is 1. The summed E-state index contributed by atoms with van der Waals surface area (Å²) in [5, 5.41) is 16.6. The molecular weight excluding hydrogens is 306 g/mol. The fraction of sp³-hybridized carbons (Fsp3) is 0.222. The minimum absolute atomic E-state index is 0.104.